The van der Waals surface area contributed by atoms with Crippen molar-refractivity contribution in [2.75, 3.05) is 13.2 Å². The van der Waals surface area contributed by atoms with E-state index < -0.39 is 0 Å². The standard InChI is InChI=1S/C15H19N3O2/c19-10-4-6-12-5-3-9-18(12)15(20)13-11-17-8-2-1-7-14(17)16-13/h1-2,7-8,11-12,19H,3-6,9-10H2. The van der Waals surface area contributed by atoms with Gasteiger partial charge >= 0.3 is 0 Å². The highest BCUT2D eigenvalue weighted by Gasteiger charge is 2.30. The third-order valence-corrected chi connectivity index (χ3v) is 3.92. The second kappa shape index (κ2) is 5.63. The summed E-state index contributed by atoms with van der Waals surface area (Å²) in [6.45, 7) is 0.982. The van der Waals surface area contributed by atoms with Crippen molar-refractivity contribution in [3.8, 4) is 0 Å². The molecule has 1 N–H and O–H groups in total. The molecule has 0 saturated carbocycles. The fourth-order valence-electron chi connectivity index (χ4n) is 2.91. The van der Waals surface area contributed by atoms with E-state index in [0.717, 1.165) is 37.9 Å². The fourth-order valence-corrected chi connectivity index (χ4v) is 2.91. The van der Waals surface area contributed by atoms with Crippen LogP contribution in [0, 0.1) is 0 Å². The molecule has 2 aromatic rings. The molecule has 0 aliphatic carbocycles. The minimum Gasteiger partial charge on any atom is -0.396 e. The van der Waals surface area contributed by atoms with Crippen molar-refractivity contribution in [2.45, 2.75) is 31.7 Å². The first-order chi connectivity index (χ1) is 9.79. The van der Waals surface area contributed by atoms with E-state index in [-0.39, 0.29) is 18.6 Å². The van der Waals surface area contributed by atoms with Gasteiger partial charge in [0.25, 0.3) is 5.91 Å². The Labute approximate surface area is 117 Å². The summed E-state index contributed by atoms with van der Waals surface area (Å²) in [5.41, 5.74) is 1.30. The van der Waals surface area contributed by atoms with Crippen LogP contribution < -0.4 is 0 Å². The van der Waals surface area contributed by atoms with Crippen LogP contribution in [0.4, 0.5) is 0 Å². The molecule has 1 atom stereocenters. The summed E-state index contributed by atoms with van der Waals surface area (Å²) in [6, 6.07) is 5.98. The van der Waals surface area contributed by atoms with Crippen LogP contribution in [0.15, 0.2) is 30.6 Å². The lowest BCUT2D eigenvalue weighted by Crippen LogP contribution is -2.35. The molecule has 0 radical (unpaired) electrons. The van der Waals surface area contributed by atoms with Crippen LogP contribution in [-0.2, 0) is 0 Å². The summed E-state index contributed by atoms with van der Waals surface area (Å²) >= 11 is 0. The number of fused-ring (bicyclic) bond motifs is 1. The lowest BCUT2D eigenvalue weighted by atomic mass is 10.1. The number of amides is 1. The predicted octanol–water partition coefficient (Wildman–Crippen LogP) is 1.71. The third-order valence-electron chi connectivity index (χ3n) is 3.92. The lowest BCUT2D eigenvalue weighted by molar-refractivity contribution is 0.0719. The number of nitrogens with zero attached hydrogens (tertiary/aromatic N) is 3. The second-order valence-electron chi connectivity index (χ2n) is 5.25. The zero-order valence-electron chi connectivity index (χ0n) is 11.4. The maximum Gasteiger partial charge on any atom is 0.274 e. The molecular formula is C15H19N3O2. The summed E-state index contributed by atoms with van der Waals surface area (Å²) in [6.07, 6.45) is 7.37. The molecule has 5 nitrogen and oxygen atoms in total. The Morgan fingerprint density at radius 1 is 1.45 bits per heavy atom. The highest BCUT2D eigenvalue weighted by molar-refractivity contribution is 5.93. The first-order valence-electron chi connectivity index (χ1n) is 7.15. The number of likely N-dealkylation sites (tertiary alicyclic amines) is 1. The van der Waals surface area contributed by atoms with Crippen LogP contribution in [0.2, 0.25) is 0 Å². The number of carbonyl (C=O) groups is 1. The van der Waals surface area contributed by atoms with Crippen LogP contribution >= 0.6 is 0 Å². The number of aromatic nitrogens is 2. The fraction of sp³-hybridized carbons (Fsp3) is 0.467. The number of pyridine rings is 1. The summed E-state index contributed by atoms with van der Waals surface area (Å²) in [5, 5.41) is 8.94. The average Bonchev–Trinajstić information content (AvgIpc) is 3.10. The van der Waals surface area contributed by atoms with Gasteiger partial charge in [0, 0.05) is 31.6 Å². The van der Waals surface area contributed by atoms with Gasteiger partial charge in [-0.1, -0.05) is 6.07 Å². The molecule has 20 heavy (non-hydrogen) atoms. The second-order valence-corrected chi connectivity index (χ2v) is 5.25. The van der Waals surface area contributed by atoms with Gasteiger partial charge in [0.05, 0.1) is 0 Å². The number of imidazole rings is 1. The van der Waals surface area contributed by atoms with E-state index in [1.54, 1.807) is 6.20 Å². The Morgan fingerprint density at radius 2 is 2.35 bits per heavy atom. The van der Waals surface area contributed by atoms with E-state index in [4.69, 9.17) is 5.11 Å². The number of aliphatic hydroxyl groups is 1. The van der Waals surface area contributed by atoms with Gasteiger partial charge in [-0.3, -0.25) is 4.79 Å². The van der Waals surface area contributed by atoms with E-state index in [1.165, 1.54) is 0 Å². The summed E-state index contributed by atoms with van der Waals surface area (Å²) < 4.78 is 1.87. The summed E-state index contributed by atoms with van der Waals surface area (Å²) in [4.78, 5) is 18.9. The molecule has 0 aromatic carbocycles. The first kappa shape index (κ1) is 13.1. The number of hydrogen-bond acceptors (Lipinski definition) is 3. The molecule has 1 aliphatic heterocycles. The van der Waals surface area contributed by atoms with Gasteiger partial charge in [0.1, 0.15) is 11.3 Å². The zero-order chi connectivity index (χ0) is 13.9. The van der Waals surface area contributed by atoms with Crippen molar-refractivity contribution in [2.24, 2.45) is 0 Å². The van der Waals surface area contributed by atoms with Crippen molar-refractivity contribution >= 4 is 11.6 Å². The van der Waals surface area contributed by atoms with Gasteiger partial charge in [-0.15, -0.1) is 0 Å². The number of aliphatic hydroxyl groups excluding tert-OH is 1. The van der Waals surface area contributed by atoms with E-state index in [0.29, 0.717) is 5.69 Å². The molecule has 1 fully saturated rings. The highest BCUT2D eigenvalue weighted by Crippen LogP contribution is 2.23. The number of carbonyl (C=O) groups excluding carboxylic acids is 1. The quantitative estimate of drug-likeness (QED) is 0.922. The molecule has 3 rings (SSSR count). The van der Waals surface area contributed by atoms with Crippen LogP contribution in [0.1, 0.15) is 36.2 Å². The molecule has 5 heteroatoms. The third kappa shape index (κ3) is 2.41. The molecule has 3 heterocycles. The van der Waals surface area contributed by atoms with Crippen LogP contribution in [0.3, 0.4) is 0 Å². The zero-order valence-corrected chi connectivity index (χ0v) is 11.4. The minimum atomic E-state index is 0.00846. The topological polar surface area (TPSA) is 57.8 Å². The van der Waals surface area contributed by atoms with Gasteiger partial charge < -0.3 is 14.4 Å². The van der Waals surface area contributed by atoms with Crippen molar-refractivity contribution < 1.29 is 9.90 Å². The monoisotopic (exact) mass is 273 g/mol. The summed E-state index contributed by atoms with van der Waals surface area (Å²) in [5.74, 6) is 0.00846. The Hall–Kier alpha value is -1.88. The Morgan fingerprint density at radius 3 is 3.15 bits per heavy atom. The largest absolute Gasteiger partial charge is 0.396 e. The minimum absolute atomic E-state index is 0.00846. The maximum atomic E-state index is 12.6. The SMILES string of the molecule is O=C(c1cn2ccccc2n1)N1CCCC1CCCO. The van der Waals surface area contributed by atoms with E-state index in [1.807, 2.05) is 33.7 Å². The van der Waals surface area contributed by atoms with Crippen LogP contribution in [-0.4, -0.2) is 44.5 Å². The Bertz CT molecular complexity index is 575. The molecule has 0 bridgehead atoms. The lowest BCUT2D eigenvalue weighted by Gasteiger charge is -2.23. The molecule has 106 valence electrons. The van der Waals surface area contributed by atoms with Crippen LogP contribution in [0.5, 0.6) is 0 Å². The van der Waals surface area contributed by atoms with Gasteiger partial charge in [-0.25, -0.2) is 4.98 Å². The molecule has 0 spiro atoms. The molecule has 2 aromatic heterocycles. The summed E-state index contributed by atoms with van der Waals surface area (Å²) in [7, 11) is 0. The van der Waals surface area contributed by atoms with Gasteiger partial charge in [0.15, 0.2) is 0 Å². The van der Waals surface area contributed by atoms with Gasteiger partial charge in [-0.2, -0.15) is 0 Å². The van der Waals surface area contributed by atoms with E-state index >= 15 is 0 Å². The van der Waals surface area contributed by atoms with E-state index in [2.05, 4.69) is 4.98 Å². The molecule has 1 aliphatic rings. The number of rotatable bonds is 4. The van der Waals surface area contributed by atoms with Crippen molar-refractivity contribution in [3.63, 3.8) is 0 Å². The maximum absolute atomic E-state index is 12.6. The van der Waals surface area contributed by atoms with Crippen molar-refractivity contribution in [1.82, 2.24) is 14.3 Å². The normalized spacial score (nSPS) is 18.9. The Kier molecular flexibility index (Phi) is 3.69. The van der Waals surface area contributed by atoms with Crippen LogP contribution in [0.25, 0.3) is 5.65 Å². The number of hydrogen-bond donors (Lipinski definition) is 1. The Balaban J connectivity index is 1.80. The van der Waals surface area contributed by atoms with Gasteiger partial charge in [-0.05, 0) is 37.8 Å². The molecule has 1 unspecified atom stereocenters. The molecule has 1 amide bonds. The van der Waals surface area contributed by atoms with E-state index in [9.17, 15) is 4.79 Å². The highest BCUT2D eigenvalue weighted by atomic mass is 16.3. The smallest absolute Gasteiger partial charge is 0.274 e. The van der Waals surface area contributed by atoms with Crippen molar-refractivity contribution in [1.29, 1.82) is 0 Å². The van der Waals surface area contributed by atoms with Crippen molar-refractivity contribution in [3.05, 3.63) is 36.3 Å². The van der Waals surface area contributed by atoms with Gasteiger partial charge in [0.2, 0.25) is 0 Å². The molecular weight excluding hydrogens is 254 g/mol. The predicted molar refractivity (Wildman–Crippen MR) is 75.6 cm³/mol. The molecule has 1 saturated heterocycles. The first-order valence-corrected chi connectivity index (χ1v) is 7.15. The average molecular weight is 273 g/mol.